The van der Waals surface area contributed by atoms with Crippen molar-refractivity contribution >= 4 is 17.3 Å². The molecular weight excluding hydrogens is 295 g/mol. The lowest BCUT2D eigenvalue weighted by Crippen LogP contribution is -2.19. The summed E-state index contributed by atoms with van der Waals surface area (Å²) in [7, 11) is 0. The number of anilines is 2. The van der Waals surface area contributed by atoms with E-state index in [1.165, 1.54) is 24.3 Å². The second-order valence-corrected chi connectivity index (χ2v) is 4.02. The second kappa shape index (κ2) is 5.39. The zero-order chi connectivity index (χ0) is 15.7. The summed E-state index contributed by atoms with van der Waals surface area (Å²) in [5.74, 6) is -12.5. The number of hydrogen-bond donors (Lipinski definition) is 2. The van der Waals surface area contributed by atoms with Gasteiger partial charge in [-0.2, -0.15) is 0 Å². The van der Waals surface area contributed by atoms with Crippen LogP contribution in [0, 0.1) is 29.1 Å². The van der Waals surface area contributed by atoms with Gasteiger partial charge in [-0.05, 0) is 24.3 Å². The fourth-order valence-electron chi connectivity index (χ4n) is 1.56. The minimum absolute atomic E-state index is 0.0816. The third-order valence-corrected chi connectivity index (χ3v) is 2.61. The van der Waals surface area contributed by atoms with Gasteiger partial charge < -0.3 is 11.1 Å². The second-order valence-electron chi connectivity index (χ2n) is 4.02. The molecule has 0 aromatic heterocycles. The number of carbonyl (C=O) groups is 1. The SMILES string of the molecule is Nc1ccc(NC(=O)c2c(F)c(F)c(F)c(F)c2F)cc1. The molecule has 0 aliphatic heterocycles. The number of carbonyl (C=O) groups excluding carboxylic acids is 1. The fourth-order valence-corrected chi connectivity index (χ4v) is 1.56. The Morgan fingerprint density at radius 2 is 1.24 bits per heavy atom. The largest absolute Gasteiger partial charge is 0.399 e. The van der Waals surface area contributed by atoms with E-state index in [2.05, 4.69) is 0 Å². The lowest BCUT2D eigenvalue weighted by Gasteiger charge is -2.09. The van der Waals surface area contributed by atoms with Crippen molar-refractivity contribution in [1.29, 1.82) is 0 Å². The predicted octanol–water partition coefficient (Wildman–Crippen LogP) is 3.22. The van der Waals surface area contributed by atoms with Gasteiger partial charge in [0.05, 0.1) is 0 Å². The Bertz CT molecular complexity index is 686. The van der Waals surface area contributed by atoms with Gasteiger partial charge in [0.15, 0.2) is 23.3 Å². The lowest BCUT2D eigenvalue weighted by molar-refractivity contribution is 0.101. The zero-order valence-electron chi connectivity index (χ0n) is 10.2. The highest BCUT2D eigenvalue weighted by atomic mass is 19.2. The van der Waals surface area contributed by atoms with Crippen LogP contribution in [0.2, 0.25) is 0 Å². The maximum atomic E-state index is 13.4. The molecule has 2 aromatic rings. The van der Waals surface area contributed by atoms with Crippen LogP contribution in [0.5, 0.6) is 0 Å². The molecule has 0 spiro atoms. The lowest BCUT2D eigenvalue weighted by atomic mass is 10.1. The van der Waals surface area contributed by atoms with E-state index < -0.39 is 40.6 Å². The van der Waals surface area contributed by atoms with E-state index in [0.717, 1.165) is 0 Å². The molecule has 0 aliphatic rings. The summed E-state index contributed by atoms with van der Waals surface area (Å²) in [6.45, 7) is 0. The van der Waals surface area contributed by atoms with E-state index in [1.807, 2.05) is 5.32 Å². The van der Waals surface area contributed by atoms with Gasteiger partial charge in [-0.25, -0.2) is 22.0 Å². The average Bonchev–Trinajstić information content (AvgIpc) is 2.46. The fraction of sp³-hybridized carbons (Fsp3) is 0. The summed E-state index contributed by atoms with van der Waals surface area (Å²) < 4.78 is 65.7. The van der Waals surface area contributed by atoms with E-state index in [9.17, 15) is 26.7 Å². The highest BCUT2D eigenvalue weighted by molar-refractivity contribution is 6.04. The number of nitrogens with two attached hydrogens (primary N) is 1. The molecule has 0 saturated carbocycles. The van der Waals surface area contributed by atoms with Crippen LogP contribution in [0.1, 0.15) is 10.4 Å². The van der Waals surface area contributed by atoms with E-state index in [1.54, 1.807) is 0 Å². The van der Waals surface area contributed by atoms with Gasteiger partial charge in [0, 0.05) is 11.4 Å². The molecule has 0 heterocycles. The minimum atomic E-state index is -2.32. The van der Waals surface area contributed by atoms with Crippen LogP contribution in [0.4, 0.5) is 33.3 Å². The molecule has 8 heteroatoms. The third kappa shape index (κ3) is 2.64. The Kier molecular flexibility index (Phi) is 3.79. The molecule has 0 fully saturated rings. The average molecular weight is 302 g/mol. The molecule has 0 aliphatic carbocycles. The monoisotopic (exact) mass is 302 g/mol. The predicted molar refractivity (Wildman–Crippen MR) is 65.0 cm³/mol. The van der Waals surface area contributed by atoms with Crippen LogP contribution in [0.15, 0.2) is 24.3 Å². The van der Waals surface area contributed by atoms with Gasteiger partial charge >= 0.3 is 0 Å². The topological polar surface area (TPSA) is 55.1 Å². The van der Waals surface area contributed by atoms with E-state index >= 15 is 0 Å². The minimum Gasteiger partial charge on any atom is -0.399 e. The summed E-state index contributed by atoms with van der Waals surface area (Å²) in [6, 6.07) is 5.38. The van der Waals surface area contributed by atoms with Gasteiger partial charge in [0.1, 0.15) is 5.56 Å². The van der Waals surface area contributed by atoms with Crippen LogP contribution in [0.25, 0.3) is 0 Å². The quantitative estimate of drug-likeness (QED) is 0.387. The number of nitrogen functional groups attached to an aromatic ring is 1. The molecule has 3 N–H and O–H groups in total. The molecule has 21 heavy (non-hydrogen) atoms. The summed E-state index contributed by atoms with van der Waals surface area (Å²) in [6.07, 6.45) is 0. The van der Waals surface area contributed by atoms with Crippen molar-refractivity contribution in [2.75, 3.05) is 11.1 Å². The number of amides is 1. The number of benzene rings is 2. The number of nitrogens with one attached hydrogen (secondary N) is 1. The van der Waals surface area contributed by atoms with Crippen molar-refractivity contribution in [3.8, 4) is 0 Å². The maximum Gasteiger partial charge on any atom is 0.261 e. The Balaban J connectivity index is 2.42. The van der Waals surface area contributed by atoms with E-state index in [4.69, 9.17) is 5.73 Å². The normalized spacial score (nSPS) is 10.5. The van der Waals surface area contributed by atoms with E-state index in [-0.39, 0.29) is 5.69 Å². The first kappa shape index (κ1) is 14.8. The van der Waals surface area contributed by atoms with Crippen molar-refractivity contribution in [2.24, 2.45) is 0 Å². The van der Waals surface area contributed by atoms with E-state index in [0.29, 0.717) is 5.69 Å². The molecule has 0 radical (unpaired) electrons. The Hall–Kier alpha value is -2.64. The summed E-state index contributed by atoms with van der Waals surface area (Å²) in [5.41, 5.74) is 4.29. The highest BCUT2D eigenvalue weighted by Crippen LogP contribution is 2.24. The third-order valence-electron chi connectivity index (χ3n) is 2.61. The standard InChI is InChI=1S/C13H7F5N2O/c14-8-7(9(15)11(17)12(18)10(8)16)13(21)20-6-3-1-5(19)2-4-6/h1-4H,19H2,(H,20,21). The highest BCUT2D eigenvalue weighted by Gasteiger charge is 2.29. The van der Waals surface area contributed by atoms with Crippen LogP contribution in [-0.4, -0.2) is 5.91 Å². The van der Waals surface area contributed by atoms with Gasteiger partial charge in [-0.1, -0.05) is 0 Å². The number of halogens is 5. The first-order valence-corrected chi connectivity index (χ1v) is 5.51. The first-order chi connectivity index (χ1) is 9.82. The Labute approximate surface area is 115 Å². The molecular formula is C13H7F5N2O. The van der Waals surface area contributed by atoms with Crippen molar-refractivity contribution in [1.82, 2.24) is 0 Å². The Morgan fingerprint density at radius 3 is 1.71 bits per heavy atom. The Morgan fingerprint density at radius 1 is 0.810 bits per heavy atom. The summed E-state index contributed by atoms with van der Waals surface area (Å²) in [5, 5.41) is 2.01. The molecule has 2 rings (SSSR count). The first-order valence-electron chi connectivity index (χ1n) is 5.51. The van der Waals surface area contributed by atoms with Crippen molar-refractivity contribution < 1.29 is 26.7 Å². The van der Waals surface area contributed by atoms with Gasteiger partial charge in [-0.3, -0.25) is 4.79 Å². The van der Waals surface area contributed by atoms with Crippen molar-refractivity contribution in [2.45, 2.75) is 0 Å². The molecule has 0 saturated heterocycles. The van der Waals surface area contributed by atoms with Crippen LogP contribution in [0.3, 0.4) is 0 Å². The molecule has 2 aromatic carbocycles. The molecule has 0 atom stereocenters. The summed E-state index contributed by atoms with van der Waals surface area (Å²) >= 11 is 0. The van der Waals surface area contributed by atoms with Crippen LogP contribution in [-0.2, 0) is 0 Å². The van der Waals surface area contributed by atoms with Gasteiger partial charge in [0.2, 0.25) is 5.82 Å². The molecule has 110 valence electrons. The molecule has 0 bridgehead atoms. The zero-order valence-corrected chi connectivity index (χ0v) is 10.2. The molecule has 1 amide bonds. The van der Waals surface area contributed by atoms with Crippen LogP contribution < -0.4 is 11.1 Å². The van der Waals surface area contributed by atoms with Crippen molar-refractivity contribution in [3.63, 3.8) is 0 Å². The van der Waals surface area contributed by atoms with Gasteiger partial charge in [0.25, 0.3) is 5.91 Å². The summed E-state index contributed by atoms with van der Waals surface area (Å²) in [4.78, 5) is 11.7. The molecule has 0 unspecified atom stereocenters. The van der Waals surface area contributed by atoms with Crippen molar-refractivity contribution in [3.05, 3.63) is 58.9 Å². The smallest absolute Gasteiger partial charge is 0.261 e. The molecule has 3 nitrogen and oxygen atoms in total. The maximum absolute atomic E-state index is 13.4. The number of rotatable bonds is 2. The van der Waals surface area contributed by atoms with Gasteiger partial charge in [-0.15, -0.1) is 0 Å². The van der Waals surface area contributed by atoms with Crippen LogP contribution >= 0.6 is 0 Å². The number of hydrogen-bond acceptors (Lipinski definition) is 2.